The second-order valence-corrected chi connectivity index (χ2v) is 6.62. The number of rotatable bonds is 7. The maximum atomic E-state index is 12.0. The smallest absolute Gasteiger partial charge is 0.315 e. The highest BCUT2D eigenvalue weighted by Crippen LogP contribution is 2.33. The molecule has 0 fully saturated rings. The monoisotopic (exact) mass is 348 g/mol. The quantitative estimate of drug-likeness (QED) is 0.646. The number of amides is 2. The van der Waals surface area contributed by atoms with Gasteiger partial charge in [-0.15, -0.1) is 0 Å². The van der Waals surface area contributed by atoms with Gasteiger partial charge >= 0.3 is 6.03 Å². The van der Waals surface area contributed by atoms with Crippen molar-refractivity contribution in [2.24, 2.45) is 0 Å². The molecule has 0 saturated heterocycles. The Morgan fingerprint density at radius 2 is 2.04 bits per heavy atom. The maximum absolute atomic E-state index is 12.0. The second kappa shape index (κ2) is 8.76. The SMILES string of the molecule is C=CC[NH+]1CCc2cc(OC)c(OC)cc2[C@H]1CNC(=O)NC(C)C. The fraction of sp³-hybridized carbons (Fsp3) is 0.526. The number of benzene rings is 1. The lowest BCUT2D eigenvalue weighted by Gasteiger charge is -2.34. The number of carbonyl (C=O) groups excluding carboxylic acids is 1. The normalized spacial score (nSPS) is 19.1. The van der Waals surface area contributed by atoms with E-state index in [1.54, 1.807) is 14.2 Å². The third-order valence-corrected chi connectivity index (χ3v) is 4.52. The van der Waals surface area contributed by atoms with Crippen LogP contribution in [0.15, 0.2) is 24.8 Å². The molecule has 0 aliphatic carbocycles. The van der Waals surface area contributed by atoms with Crippen molar-refractivity contribution in [1.82, 2.24) is 10.6 Å². The first kappa shape index (κ1) is 19.1. The first-order valence-corrected chi connectivity index (χ1v) is 8.74. The van der Waals surface area contributed by atoms with Crippen molar-refractivity contribution in [2.75, 3.05) is 33.9 Å². The summed E-state index contributed by atoms with van der Waals surface area (Å²) in [7, 11) is 3.29. The molecule has 1 aliphatic rings. The van der Waals surface area contributed by atoms with Crippen LogP contribution < -0.4 is 25.0 Å². The molecule has 25 heavy (non-hydrogen) atoms. The third-order valence-electron chi connectivity index (χ3n) is 4.52. The molecule has 2 rings (SSSR count). The first-order valence-electron chi connectivity index (χ1n) is 8.74. The van der Waals surface area contributed by atoms with Crippen molar-refractivity contribution in [3.63, 3.8) is 0 Å². The number of fused-ring (bicyclic) bond motifs is 1. The summed E-state index contributed by atoms with van der Waals surface area (Å²) in [6.45, 7) is 10.2. The van der Waals surface area contributed by atoms with Crippen LogP contribution in [0, 0.1) is 0 Å². The minimum atomic E-state index is -0.138. The van der Waals surface area contributed by atoms with Crippen LogP contribution in [0.3, 0.4) is 0 Å². The van der Waals surface area contributed by atoms with Gasteiger partial charge in [-0.25, -0.2) is 4.79 Å². The van der Waals surface area contributed by atoms with Gasteiger partial charge in [-0.05, 0) is 37.6 Å². The van der Waals surface area contributed by atoms with Gasteiger partial charge in [0.15, 0.2) is 11.5 Å². The van der Waals surface area contributed by atoms with Crippen molar-refractivity contribution in [2.45, 2.75) is 32.4 Å². The topological polar surface area (TPSA) is 64.0 Å². The average molecular weight is 348 g/mol. The summed E-state index contributed by atoms with van der Waals surface area (Å²) in [5, 5.41) is 5.87. The van der Waals surface area contributed by atoms with Crippen LogP contribution in [0.1, 0.15) is 31.0 Å². The van der Waals surface area contributed by atoms with Crippen LogP contribution >= 0.6 is 0 Å². The minimum absolute atomic E-state index is 0.111. The van der Waals surface area contributed by atoms with Gasteiger partial charge in [0.1, 0.15) is 6.04 Å². The molecule has 1 aromatic rings. The molecule has 3 N–H and O–H groups in total. The molecule has 6 heteroatoms. The summed E-state index contributed by atoms with van der Waals surface area (Å²) in [6, 6.07) is 4.23. The van der Waals surface area contributed by atoms with Crippen LogP contribution in [0.5, 0.6) is 11.5 Å². The lowest BCUT2D eigenvalue weighted by Crippen LogP contribution is -3.13. The number of hydrogen-bond acceptors (Lipinski definition) is 3. The van der Waals surface area contributed by atoms with Crippen LogP contribution in [-0.4, -0.2) is 45.9 Å². The first-order chi connectivity index (χ1) is 12.0. The molecule has 138 valence electrons. The zero-order chi connectivity index (χ0) is 18.4. The van der Waals surface area contributed by atoms with E-state index in [0.29, 0.717) is 6.54 Å². The molecule has 2 amide bonds. The molecule has 0 bridgehead atoms. The predicted octanol–water partition coefficient (Wildman–Crippen LogP) is 1.08. The molecule has 0 spiro atoms. The number of urea groups is 1. The van der Waals surface area contributed by atoms with Crippen LogP contribution in [0.4, 0.5) is 4.79 Å². The molecule has 0 aromatic heterocycles. The molecule has 1 aliphatic heterocycles. The zero-order valence-corrected chi connectivity index (χ0v) is 15.6. The lowest BCUT2D eigenvalue weighted by atomic mass is 9.91. The van der Waals surface area contributed by atoms with Gasteiger partial charge in [-0.3, -0.25) is 0 Å². The van der Waals surface area contributed by atoms with Crippen molar-refractivity contribution in [3.8, 4) is 11.5 Å². The summed E-state index contributed by atoms with van der Waals surface area (Å²) in [5.41, 5.74) is 2.45. The van der Waals surface area contributed by atoms with E-state index >= 15 is 0 Å². The van der Waals surface area contributed by atoms with E-state index in [-0.39, 0.29) is 18.1 Å². The van der Waals surface area contributed by atoms with E-state index in [4.69, 9.17) is 9.47 Å². The molecule has 1 unspecified atom stereocenters. The Bertz CT molecular complexity index is 616. The molecule has 1 aromatic carbocycles. The van der Waals surface area contributed by atoms with E-state index in [9.17, 15) is 4.79 Å². The Labute approximate surface area is 150 Å². The predicted molar refractivity (Wildman–Crippen MR) is 98.6 cm³/mol. The van der Waals surface area contributed by atoms with E-state index in [0.717, 1.165) is 31.0 Å². The summed E-state index contributed by atoms with van der Waals surface area (Å²) in [6.07, 6.45) is 2.90. The van der Waals surface area contributed by atoms with Crippen molar-refractivity contribution < 1.29 is 19.2 Å². The van der Waals surface area contributed by atoms with Gasteiger partial charge in [0.25, 0.3) is 0 Å². The molecular weight excluding hydrogens is 318 g/mol. The molecule has 1 heterocycles. The third kappa shape index (κ3) is 4.66. The Hall–Kier alpha value is -2.21. The molecule has 6 nitrogen and oxygen atoms in total. The Morgan fingerprint density at radius 1 is 1.36 bits per heavy atom. The number of quaternary nitrogens is 1. The van der Waals surface area contributed by atoms with Crippen LogP contribution in [-0.2, 0) is 6.42 Å². The zero-order valence-electron chi connectivity index (χ0n) is 15.6. The van der Waals surface area contributed by atoms with Gasteiger partial charge in [-0.2, -0.15) is 0 Å². The van der Waals surface area contributed by atoms with Gasteiger partial charge in [0, 0.05) is 18.0 Å². The summed E-state index contributed by atoms with van der Waals surface area (Å²) in [4.78, 5) is 13.4. The average Bonchev–Trinajstić information content (AvgIpc) is 2.59. The van der Waals surface area contributed by atoms with E-state index in [2.05, 4.69) is 23.3 Å². The number of carbonyl (C=O) groups is 1. The molecule has 0 radical (unpaired) electrons. The van der Waals surface area contributed by atoms with Crippen molar-refractivity contribution in [3.05, 3.63) is 35.9 Å². The van der Waals surface area contributed by atoms with Gasteiger partial charge in [0.05, 0.1) is 33.9 Å². The largest absolute Gasteiger partial charge is 0.493 e. The Kier molecular flexibility index (Phi) is 6.70. The van der Waals surface area contributed by atoms with Gasteiger partial charge in [-0.1, -0.05) is 6.58 Å². The second-order valence-electron chi connectivity index (χ2n) is 6.62. The fourth-order valence-corrected chi connectivity index (χ4v) is 3.36. The fourth-order valence-electron chi connectivity index (χ4n) is 3.36. The van der Waals surface area contributed by atoms with Gasteiger partial charge < -0.3 is 25.0 Å². The highest BCUT2D eigenvalue weighted by molar-refractivity contribution is 5.74. The summed E-state index contributed by atoms with van der Waals surface area (Å²) < 4.78 is 10.9. The maximum Gasteiger partial charge on any atom is 0.315 e. The minimum Gasteiger partial charge on any atom is -0.493 e. The summed E-state index contributed by atoms with van der Waals surface area (Å²) in [5.74, 6) is 1.47. The molecule has 2 atom stereocenters. The van der Waals surface area contributed by atoms with E-state index in [1.807, 2.05) is 26.0 Å². The number of methoxy groups -OCH3 is 2. The van der Waals surface area contributed by atoms with Crippen LogP contribution in [0.2, 0.25) is 0 Å². The molecular formula is C19H30N3O3+. The van der Waals surface area contributed by atoms with Crippen molar-refractivity contribution >= 4 is 6.03 Å². The standard InChI is InChI=1S/C19H29N3O3/c1-6-8-22-9-7-14-10-17(24-4)18(25-5)11-15(14)16(22)12-20-19(23)21-13(2)3/h6,10-11,13,16H,1,7-9,12H2,2-5H3,(H2,20,21,23)/p+1/t16-/m1/s1. The Morgan fingerprint density at radius 3 is 2.64 bits per heavy atom. The van der Waals surface area contributed by atoms with Crippen molar-refractivity contribution in [1.29, 1.82) is 0 Å². The van der Waals surface area contributed by atoms with E-state index < -0.39 is 0 Å². The van der Waals surface area contributed by atoms with Gasteiger partial charge in [0.2, 0.25) is 0 Å². The number of nitrogens with one attached hydrogen (secondary N) is 3. The summed E-state index contributed by atoms with van der Waals surface area (Å²) >= 11 is 0. The van der Waals surface area contributed by atoms with E-state index in [1.165, 1.54) is 16.0 Å². The highest BCUT2D eigenvalue weighted by Gasteiger charge is 2.32. The highest BCUT2D eigenvalue weighted by atomic mass is 16.5. The number of hydrogen-bond donors (Lipinski definition) is 3. The lowest BCUT2D eigenvalue weighted by molar-refractivity contribution is -0.927. The number of ether oxygens (including phenoxy) is 2. The van der Waals surface area contributed by atoms with Crippen LogP contribution in [0.25, 0.3) is 0 Å². The molecule has 0 saturated carbocycles. The Balaban J connectivity index is 2.27.